The molecular weight excluding hydrogens is 458 g/mol. The van der Waals surface area contributed by atoms with Crippen LogP contribution < -0.4 is 16.0 Å². The van der Waals surface area contributed by atoms with Crippen LogP contribution in [0.4, 0.5) is 22.9 Å². The number of hydrogen-bond acceptors (Lipinski definition) is 5. The van der Waals surface area contributed by atoms with E-state index < -0.39 is 0 Å². The number of aryl methyl sites for hydroxylation is 1. The van der Waals surface area contributed by atoms with Gasteiger partial charge in [-0.05, 0) is 79.7 Å². The second-order valence-corrected chi connectivity index (χ2v) is 11.0. The van der Waals surface area contributed by atoms with Gasteiger partial charge >= 0.3 is 0 Å². The standard InChI is InChI=1S/C31H39N5O/c1-7-15-32-30(37)27-20-33-29(19-28(27)34-24-10-8-9-23(18-24)31(2,3)4)35-25-13-11-22-17-26(36(5)6)14-12-21(22)16-25/h7-11,13,16,18-20,26H,1,12,14-15,17H2,2-6H3,(H,32,37)(H2,33,34,35). The number of benzene rings is 2. The minimum atomic E-state index is -0.197. The van der Waals surface area contributed by atoms with Crippen molar-refractivity contribution in [1.29, 1.82) is 0 Å². The zero-order chi connectivity index (χ0) is 26.6. The minimum absolute atomic E-state index is 0.0197. The number of likely N-dealkylation sites (N-methyl/N-ethyl adjacent to an activating group) is 1. The van der Waals surface area contributed by atoms with Crippen LogP contribution in [0.25, 0.3) is 0 Å². The molecule has 1 aromatic heterocycles. The summed E-state index contributed by atoms with van der Waals surface area (Å²) in [6.07, 6.45) is 6.60. The molecule has 1 heterocycles. The van der Waals surface area contributed by atoms with Crippen molar-refractivity contribution < 1.29 is 4.79 Å². The van der Waals surface area contributed by atoms with E-state index in [2.05, 4.69) is 97.6 Å². The van der Waals surface area contributed by atoms with Crippen LogP contribution in [0.1, 0.15) is 54.2 Å². The second-order valence-electron chi connectivity index (χ2n) is 11.0. The van der Waals surface area contributed by atoms with Gasteiger partial charge in [-0.3, -0.25) is 4.79 Å². The number of nitrogens with zero attached hydrogens (tertiary/aromatic N) is 2. The fourth-order valence-electron chi connectivity index (χ4n) is 4.69. The Morgan fingerprint density at radius 2 is 1.86 bits per heavy atom. The quantitative estimate of drug-likeness (QED) is 0.323. The molecule has 6 heteroatoms. The van der Waals surface area contributed by atoms with Crippen LogP contribution >= 0.6 is 0 Å². The molecule has 37 heavy (non-hydrogen) atoms. The van der Waals surface area contributed by atoms with Gasteiger partial charge in [-0.2, -0.15) is 0 Å². The summed E-state index contributed by atoms with van der Waals surface area (Å²) in [5.74, 6) is 0.481. The van der Waals surface area contributed by atoms with Gasteiger partial charge in [0.05, 0.1) is 11.3 Å². The van der Waals surface area contributed by atoms with Gasteiger partial charge in [0, 0.05) is 36.2 Å². The molecule has 4 rings (SSSR count). The predicted octanol–water partition coefficient (Wildman–Crippen LogP) is 6.20. The van der Waals surface area contributed by atoms with Crippen LogP contribution in [-0.4, -0.2) is 42.5 Å². The highest BCUT2D eigenvalue weighted by Crippen LogP contribution is 2.30. The summed E-state index contributed by atoms with van der Waals surface area (Å²) in [6, 6.07) is 17.4. The summed E-state index contributed by atoms with van der Waals surface area (Å²) in [5, 5.41) is 9.78. The lowest BCUT2D eigenvalue weighted by atomic mass is 9.87. The number of aromatic nitrogens is 1. The number of anilines is 4. The van der Waals surface area contributed by atoms with Crippen molar-refractivity contribution in [2.45, 2.75) is 51.5 Å². The number of nitrogens with one attached hydrogen (secondary N) is 3. The second kappa shape index (κ2) is 11.2. The van der Waals surface area contributed by atoms with Crippen molar-refractivity contribution in [3.05, 3.63) is 89.6 Å². The van der Waals surface area contributed by atoms with Crippen molar-refractivity contribution >= 4 is 28.8 Å². The molecule has 0 saturated carbocycles. The smallest absolute Gasteiger partial charge is 0.255 e. The first-order valence-corrected chi connectivity index (χ1v) is 13.0. The topological polar surface area (TPSA) is 69.3 Å². The lowest BCUT2D eigenvalue weighted by molar-refractivity contribution is 0.0958. The summed E-state index contributed by atoms with van der Waals surface area (Å²) in [5.41, 5.74) is 7.13. The molecule has 0 radical (unpaired) electrons. The fraction of sp³-hybridized carbons (Fsp3) is 0.355. The highest BCUT2D eigenvalue weighted by molar-refractivity contribution is 6.00. The first kappa shape index (κ1) is 26.4. The highest BCUT2D eigenvalue weighted by atomic mass is 16.1. The SMILES string of the molecule is C=CCNC(=O)c1cnc(Nc2ccc3c(c2)CCC(N(C)C)C3)cc1Nc1cccc(C(C)(C)C)c1. The first-order chi connectivity index (χ1) is 17.6. The van der Waals surface area contributed by atoms with E-state index in [-0.39, 0.29) is 11.3 Å². The van der Waals surface area contributed by atoms with Crippen LogP contribution in [0.3, 0.4) is 0 Å². The zero-order valence-electron chi connectivity index (χ0n) is 22.7. The van der Waals surface area contributed by atoms with Crippen LogP contribution in [0, 0.1) is 0 Å². The molecule has 1 aliphatic rings. The van der Waals surface area contributed by atoms with Gasteiger partial charge < -0.3 is 20.9 Å². The van der Waals surface area contributed by atoms with Crippen LogP contribution in [0.15, 0.2) is 67.4 Å². The summed E-state index contributed by atoms with van der Waals surface area (Å²) < 4.78 is 0. The molecule has 0 fully saturated rings. The number of carbonyl (C=O) groups excluding carboxylic acids is 1. The third-order valence-corrected chi connectivity index (χ3v) is 6.97. The van der Waals surface area contributed by atoms with Gasteiger partial charge in [-0.25, -0.2) is 4.98 Å². The lowest BCUT2D eigenvalue weighted by Gasteiger charge is -2.30. The van der Waals surface area contributed by atoms with E-state index in [4.69, 9.17) is 0 Å². The molecule has 2 aromatic carbocycles. The lowest BCUT2D eigenvalue weighted by Crippen LogP contribution is -2.33. The van der Waals surface area contributed by atoms with E-state index in [0.29, 0.717) is 29.7 Å². The normalized spacial score (nSPS) is 15.1. The first-order valence-electron chi connectivity index (χ1n) is 13.0. The summed E-state index contributed by atoms with van der Waals surface area (Å²) in [4.78, 5) is 19.8. The molecular formula is C31H39N5O. The largest absolute Gasteiger partial charge is 0.355 e. The van der Waals surface area contributed by atoms with E-state index in [1.165, 1.54) is 16.7 Å². The van der Waals surface area contributed by atoms with Crippen molar-refractivity contribution in [3.8, 4) is 0 Å². The maximum atomic E-state index is 12.9. The van der Waals surface area contributed by atoms with Gasteiger partial charge in [0.1, 0.15) is 5.82 Å². The number of amides is 1. The minimum Gasteiger partial charge on any atom is -0.355 e. The molecule has 0 bridgehead atoms. The molecule has 1 amide bonds. The number of carbonyl (C=O) groups is 1. The Morgan fingerprint density at radius 1 is 1.08 bits per heavy atom. The average Bonchev–Trinajstić information content (AvgIpc) is 2.86. The van der Waals surface area contributed by atoms with Crippen molar-refractivity contribution in [1.82, 2.24) is 15.2 Å². The molecule has 3 N–H and O–H groups in total. The number of fused-ring (bicyclic) bond motifs is 1. The van der Waals surface area contributed by atoms with Gasteiger partial charge in [0.15, 0.2) is 0 Å². The van der Waals surface area contributed by atoms with Gasteiger partial charge in [-0.15, -0.1) is 6.58 Å². The molecule has 0 saturated heterocycles. The van der Waals surface area contributed by atoms with E-state index >= 15 is 0 Å². The molecule has 0 spiro atoms. The summed E-state index contributed by atoms with van der Waals surface area (Å²) >= 11 is 0. The van der Waals surface area contributed by atoms with E-state index in [9.17, 15) is 4.79 Å². The maximum absolute atomic E-state index is 12.9. The highest BCUT2D eigenvalue weighted by Gasteiger charge is 2.21. The number of hydrogen-bond donors (Lipinski definition) is 3. The maximum Gasteiger partial charge on any atom is 0.255 e. The zero-order valence-corrected chi connectivity index (χ0v) is 22.7. The number of rotatable bonds is 8. The summed E-state index contributed by atoms with van der Waals surface area (Å²) in [7, 11) is 4.31. The van der Waals surface area contributed by atoms with E-state index in [0.717, 1.165) is 30.6 Å². The van der Waals surface area contributed by atoms with Crippen LogP contribution in [0.5, 0.6) is 0 Å². The summed E-state index contributed by atoms with van der Waals surface area (Å²) in [6.45, 7) is 10.7. The Morgan fingerprint density at radius 3 is 2.59 bits per heavy atom. The van der Waals surface area contributed by atoms with Crippen molar-refractivity contribution in [2.24, 2.45) is 0 Å². The molecule has 1 atom stereocenters. The Kier molecular flexibility index (Phi) is 7.98. The van der Waals surface area contributed by atoms with Crippen LogP contribution in [0.2, 0.25) is 0 Å². The van der Waals surface area contributed by atoms with Gasteiger partial charge in [0.2, 0.25) is 0 Å². The van der Waals surface area contributed by atoms with E-state index in [1.807, 2.05) is 18.2 Å². The Labute approximate surface area is 221 Å². The molecule has 3 aromatic rings. The Bertz CT molecular complexity index is 1270. The van der Waals surface area contributed by atoms with E-state index in [1.54, 1.807) is 12.3 Å². The third-order valence-electron chi connectivity index (χ3n) is 6.97. The third kappa shape index (κ3) is 6.57. The molecule has 1 unspecified atom stereocenters. The predicted molar refractivity (Wildman–Crippen MR) is 154 cm³/mol. The molecule has 194 valence electrons. The monoisotopic (exact) mass is 497 g/mol. The van der Waals surface area contributed by atoms with Crippen LogP contribution in [-0.2, 0) is 18.3 Å². The molecule has 0 aliphatic heterocycles. The van der Waals surface area contributed by atoms with Gasteiger partial charge in [0.25, 0.3) is 5.91 Å². The average molecular weight is 498 g/mol. The molecule has 6 nitrogen and oxygen atoms in total. The van der Waals surface area contributed by atoms with Crippen molar-refractivity contribution in [2.75, 3.05) is 31.3 Å². The van der Waals surface area contributed by atoms with Gasteiger partial charge in [-0.1, -0.05) is 45.0 Å². The Hall–Kier alpha value is -3.64. The Balaban J connectivity index is 1.61. The molecule has 1 aliphatic carbocycles. The fourth-order valence-corrected chi connectivity index (χ4v) is 4.69. The van der Waals surface area contributed by atoms with Crippen molar-refractivity contribution in [3.63, 3.8) is 0 Å². The number of pyridine rings is 1.